The van der Waals surface area contributed by atoms with Crippen LogP contribution in [-0.4, -0.2) is 136 Å². The Balaban J connectivity index is 0.00000641. The van der Waals surface area contributed by atoms with Gasteiger partial charge in [-0.25, -0.2) is 8.42 Å². The molecule has 19 heteroatoms. The summed E-state index contributed by atoms with van der Waals surface area (Å²) in [5.74, 6) is -0.870. The minimum Gasteiger partial charge on any atom is -0.726 e. The average molecular weight is 911 g/mol. The summed E-state index contributed by atoms with van der Waals surface area (Å²) in [6.45, 7) is 16.6. The number of aliphatic hydroxyl groups is 5. The number of ether oxygens (including phenoxy) is 6. The summed E-state index contributed by atoms with van der Waals surface area (Å²) in [7, 11) is -5.28. The van der Waals surface area contributed by atoms with Crippen LogP contribution < -0.4 is 29.6 Å². The predicted octanol–water partition coefficient (Wildman–Crippen LogP) is -0.465. The summed E-state index contributed by atoms with van der Waals surface area (Å²) >= 11 is 0. The number of cyclic esters (lactones) is 1. The molecule has 3 aliphatic heterocycles. The van der Waals surface area contributed by atoms with Crippen molar-refractivity contribution in [3.63, 3.8) is 0 Å². The van der Waals surface area contributed by atoms with E-state index in [1.54, 1.807) is 0 Å². The van der Waals surface area contributed by atoms with Crippen molar-refractivity contribution < 1.29 is 110 Å². The minimum atomic E-state index is -5.28. The molecule has 7 rings (SSSR count). The molecule has 62 heavy (non-hydrogen) atoms. The largest absolute Gasteiger partial charge is 1.00 e. The number of carbonyl (C=O) groups is 2. The van der Waals surface area contributed by atoms with Crippen LogP contribution in [-0.2, 0) is 52.6 Å². The van der Waals surface area contributed by atoms with E-state index in [2.05, 4.69) is 31.9 Å². The second kappa shape index (κ2) is 17.4. The fourth-order valence-corrected chi connectivity index (χ4v) is 14.1. The van der Waals surface area contributed by atoms with Gasteiger partial charge in [0.25, 0.3) is 0 Å². The molecule has 0 aromatic heterocycles. The summed E-state index contributed by atoms with van der Waals surface area (Å²) in [6.07, 6.45) is -7.56. The summed E-state index contributed by atoms with van der Waals surface area (Å²) in [4.78, 5) is 26.1. The molecule has 3 heterocycles. The van der Waals surface area contributed by atoms with Crippen LogP contribution in [0.5, 0.6) is 0 Å². The summed E-state index contributed by atoms with van der Waals surface area (Å²) in [6, 6.07) is 0. The van der Waals surface area contributed by atoms with E-state index >= 15 is 0 Å². The SMILES string of the molecule is CC(=O)OC(C)(C)CCC[C@]1(C)OC(=O)[C@]23[C@@H](O)C=C4[C@@H](CC[C@H]5C(C)(C)[C@@H](O[C@@H]6OC[C@@H](OS(=O)(=O)[O-])[C@H](O)[C@H]6O[C@@H]6O[C@H](C)[C@@H](O)[C@H](O)[C@H]6O)CC[C@]45C)[C@]2(C)CC[C@@H]31.[Na+]. The van der Waals surface area contributed by atoms with E-state index in [9.17, 15) is 48.1 Å². The van der Waals surface area contributed by atoms with Crippen molar-refractivity contribution in [2.24, 2.45) is 39.4 Å². The second-order valence-corrected chi connectivity index (χ2v) is 22.0. The smallest absolute Gasteiger partial charge is 0.726 e. The van der Waals surface area contributed by atoms with Crippen molar-refractivity contribution in [1.82, 2.24) is 0 Å². The Hall–Kier alpha value is -0.810. The maximum Gasteiger partial charge on any atom is 1.00 e. The first-order valence-electron chi connectivity index (χ1n) is 21.9. The molecular weight excluding hydrogens is 844 g/mol. The third-order valence-electron chi connectivity index (χ3n) is 16.5. The second-order valence-electron chi connectivity index (χ2n) is 21.0. The molecule has 18 atom stereocenters. The zero-order chi connectivity index (χ0) is 45.0. The number of esters is 2. The van der Waals surface area contributed by atoms with Gasteiger partial charge in [0, 0.05) is 12.8 Å². The minimum absolute atomic E-state index is 0. The molecule has 7 aliphatic rings. The molecule has 4 aliphatic carbocycles. The zero-order valence-electron chi connectivity index (χ0n) is 37.8. The van der Waals surface area contributed by atoms with E-state index < -0.39 is 117 Å². The molecule has 6 fully saturated rings. The van der Waals surface area contributed by atoms with E-state index in [0.29, 0.717) is 32.1 Å². The van der Waals surface area contributed by atoms with E-state index in [4.69, 9.17) is 28.4 Å². The van der Waals surface area contributed by atoms with Gasteiger partial charge in [-0.05, 0) is 114 Å². The quantitative estimate of drug-likeness (QED) is 0.0439. The van der Waals surface area contributed by atoms with Crippen molar-refractivity contribution in [3.05, 3.63) is 11.6 Å². The molecule has 3 saturated carbocycles. The van der Waals surface area contributed by atoms with E-state index in [0.717, 1.165) is 31.3 Å². The van der Waals surface area contributed by atoms with E-state index in [1.807, 2.05) is 26.8 Å². The molecule has 0 aromatic carbocycles. The van der Waals surface area contributed by atoms with E-state index in [1.165, 1.54) is 13.8 Å². The van der Waals surface area contributed by atoms with Crippen LogP contribution in [0, 0.1) is 39.4 Å². The van der Waals surface area contributed by atoms with Crippen LogP contribution >= 0.6 is 0 Å². The van der Waals surface area contributed by atoms with Crippen LogP contribution in [0.25, 0.3) is 0 Å². The van der Waals surface area contributed by atoms with Gasteiger partial charge < -0.3 is 58.5 Å². The van der Waals surface area contributed by atoms with Gasteiger partial charge in [-0.15, -0.1) is 0 Å². The molecule has 348 valence electrons. The third kappa shape index (κ3) is 8.32. The van der Waals surface area contributed by atoms with Crippen LogP contribution in [0.4, 0.5) is 0 Å². The summed E-state index contributed by atoms with van der Waals surface area (Å²) < 4.78 is 75.3. The molecule has 0 radical (unpaired) electrons. The molecule has 0 aromatic rings. The van der Waals surface area contributed by atoms with Crippen LogP contribution in [0.3, 0.4) is 0 Å². The number of fused-ring (bicyclic) bond motifs is 4. The number of aliphatic hydroxyl groups excluding tert-OH is 5. The van der Waals surface area contributed by atoms with Gasteiger partial charge in [0.15, 0.2) is 12.6 Å². The number of carbonyl (C=O) groups excluding carboxylic acids is 2. The van der Waals surface area contributed by atoms with Crippen molar-refractivity contribution >= 4 is 22.3 Å². The molecule has 3 saturated heterocycles. The average Bonchev–Trinajstić information content (AvgIpc) is 3.60. The van der Waals surface area contributed by atoms with Crippen molar-refractivity contribution in [2.75, 3.05) is 6.61 Å². The fourth-order valence-electron chi connectivity index (χ4n) is 13.6. The molecule has 5 N–H and O–H groups in total. The number of rotatable bonds is 11. The zero-order valence-corrected chi connectivity index (χ0v) is 40.6. The summed E-state index contributed by atoms with van der Waals surface area (Å²) in [5, 5.41) is 55.2. The Bertz CT molecular complexity index is 1840. The molecular formula is C43H67NaO17S. The maximum absolute atomic E-state index is 14.4. The van der Waals surface area contributed by atoms with Gasteiger partial charge in [-0.3, -0.25) is 13.8 Å². The normalized spacial score (nSPS) is 47.5. The van der Waals surface area contributed by atoms with Crippen molar-refractivity contribution in [1.29, 1.82) is 0 Å². The Morgan fingerprint density at radius 1 is 0.919 bits per heavy atom. The topological polar surface area (TPSA) is 257 Å². The van der Waals surface area contributed by atoms with Gasteiger partial charge in [0.2, 0.25) is 10.4 Å². The van der Waals surface area contributed by atoms with Crippen molar-refractivity contribution in [3.8, 4) is 0 Å². The Morgan fingerprint density at radius 2 is 1.60 bits per heavy atom. The fraction of sp³-hybridized carbons (Fsp3) is 0.907. The Labute approximate surface area is 387 Å². The molecule has 0 amide bonds. The van der Waals surface area contributed by atoms with Gasteiger partial charge in [0.1, 0.15) is 53.2 Å². The molecule has 17 nitrogen and oxygen atoms in total. The first-order chi connectivity index (χ1) is 28.1. The van der Waals surface area contributed by atoms with Crippen molar-refractivity contribution in [2.45, 2.75) is 199 Å². The standard InChI is InChI=1S/C43H68O17S.Na/c1-21-30(46)32(48)33(49)35(55-21)57-34-31(47)25(60-61(51,52)53)20-54-36(34)56-29-14-17-40(7)24-19-28(45)43-27(13-18-41(43,8)23(24)11-12-26(40)39(29,5)6)42(9,59-37(43)50)16-10-15-38(3,4)58-22(2)44;/h19,21,23,25-36,45-49H,10-18,20H2,1-9H3,(H,51,52,53);/q;+1/p-1/t21-,23-,25-,26+,27-,28+,29+,30-,31+,32+,33-,34-,35+,36+,40-,41+,42+,43+;/m1./s1. The maximum atomic E-state index is 14.4. The monoisotopic (exact) mass is 910 g/mol. The van der Waals surface area contributed by atoms with Gasteiger partial charge in [-0.2, -0.15) is 0 Å². The Morgan fingerprint density at radius 3 is 2.24 bits per heavy atom. The van der Waals surface area contributed by atoms with Gasteiger partial charge >= 0.3 is 41.5 Å². The first kappa shape index (κ1) is 50.6. The molecule has 0 bridgehead atoms. The van der Waals surface area contributed by atoms with Gasteiger partial charge in [0.05, 0.1) is 24.9 Å². The molecule has 0 unspecified atom stereocenters. The first-order valence-corrected chi connectivity index (χ1v) is 23.2. The number of hydrogen-bond acceptors (Lipinski definition) is 17. The van der Waals surface area contributed by atoms with Crippen LogP contribution in [0.2, 0.25) is 0 Å². The number of allylic oxidation sites excluding steroid dienone is 1. The van der Waals surface area contributed by atoms with Crippen LogP contribution in [0.1, 0.15) is 120 Å². The van der Waals surface area contributed by atoms with E-state index in [-0.39, 0.29) is 59.2 Å². The van der Waals surface area contributed by atoms with Crippen LogP contribution in [0.15, 0.2) is 11.6 Å². The predicted molar refractivity (Wildman–Crippen MR) is 211 cm³/mol. The summed E-state index contributed by atoms with van der Waals surface area (Å²) in [5.41, 5.74) is -2.96. The number of hydrogen-bond donors (Lipinski definition) is 5. The Kier molecular flexibility index (Phi) is 14.2. The molecule has 1 spiro atoms. The third-order valence-corrected chi connectivity index (χ3v) is 17.0. The van der Waals surface area contributed by atoms with Gasteiger partial charge in [-0.1, -0.05) is 39.3 Å².